The van der Waals surface area contributed by atoms with Crippen molar-refractivity contribution in [2.75, 3.05) is 6.54 Å². The van der Waals surface area contributed by atoms with E-state index in [0.717, 1.165) is 31.0 Å². The molecule has 0 bridgehead atoms. The molecule has 1 aliphatic heterocycles. The zero-order chi connectivity index (χ0) is 7.84. The molecule has 2 heterocycles. The third-order valence-electron chi connectivity index (χ3n) is 1.99. The Balaban J connectivity index is 0.000000720. The van der Waals surface area contributed by atoms with Gasteiger partial charge in [-0.1, -0.05) is 0 Å². The lowest BCUT2D eigenvalue weighted by Crippen LogP contribution is -2.28. The summed E-state index contributed by atoms with van der Waals surface area (Å²) >= 11 is 0. The largest absolute Gasteiger partial charge is 0.504 e. The van der Waals surface area contributed by atoms with Crippen molar-refractivity contribution in [3.8, 4) is 5.75 Å². The average molecular weight is 226 g/mol. The summed E-state index contributed by atoms with van der Waals surface area (Å²) in [5.41, 5.74) is 1.64. The van der Waals surface area contributed by atoms with E-state index in [1.54, 1.807) is 0 Å². The lowest BCUT2D eigenvalue weighted by molar-refractivity contribution is 0.432. The van der Waals surface area contributed by atoms with Crippen LogP contribution in [-0.4, -0.2) is 21.4 Å². The second-order valence-corrected chi connectivity index (χ2v) is 2.78. The minimum Gasteiger partial charge on any atom is -0.504 e. The Labute approximate surface area is 89.1 Å². The molecule has 1 aliphatic rings. The van der Waals surface area contributed by atoms with Crippen LogP contribution in [0, 0.1) is 6.92 Å². The molecular formula is C7H13Cl2N3O. The molecule has 0 aliphatic carbocycles. The van der Waals surface area contributed by atoms with Gasteiger partial charge in [0.05, 0.1) is 12.2 Å². The van der Waals surface area contributed by atoms with Gasteiger partial charge in [-0.05, 0) is 6.92 Å². The smallest absolute Gasteiger partial charge is 0.161 e. The monoisotopic (exact) mass is 225 g/mol. The highest BCUT2D eigenvalue weighted by atomic mass is 35.5. The minimum absolute atomic E-state index is 0. The van der Waals surface area contributed by atoms with Gasteiger partial charge in [0.15, 0.2) is 5.75 Å². The molecule has 1 aromatic heterocycles. The van der Waals surface area contributed by atoms with Gasteiger partial charge in [0.2, 0.25) is 0 Å². The number of rotatable bonds is 0. The van der Waals surface area contributed by atoms with E-state index in [4.69, 9.17) is 0 Å². The first-order valence-corrected chi connectivity index (χ1v) is 3.75. The minimum atomic E-state index is 0. The highest BCUT2D eigenvalue weighted by Crippen LogP contribution is 2.22. The van der Waals surface area contributed by atoms with Crippen molar-refractivity contribution in [3.05, 3.63) is 11.4 Å². The van der Waals surface area contributed by atoms with E-state index < -0.39 is 0 Å². The number of aryl methyl sites for hydroxylation is 1. The second-order valence-electron chi connectivity index (χ2n) is 2.78. The molecule has 2 N–H and O–H groups in total. The Bertz CT molecular complexity index is 288. The molecule has 0 radical (unpaired) electrons. The summed E-state index contributed by atoms with van der Waals surface area (Å²) in [6, 6.07) is 0. The average Bonchev–Trinajstić information content (AvgIpc) is 2.30. The van der Waals surface area contributed by atoms with Gasteiger partial charge < -0.3 is 10.4 Å². The van der Waals surface area contributed by atoms with E-state index >= 15 is 0 Å². The Hall–Kier alpha value is -0.450. The summed E-state index contributed by atoms with van der Waals surface area (Å²) < 4.78 is 1.86. The quantitative estimate of drug-likeness (QED) is 0.689. The molecule has 2 rings (SSSR count). The Morgan fingerprint density at radius 1 is 1.46 bits per heavy atom. The lowest BCUT2D eigenvalue weighted by atomic mass is 10.3. The molecule has 0 saturated heterocycles. The molecule has 6 heteroatoms. The zero-order valence-electron chi connectivity index (χ0n) is 7.28. The summed E-state index contributed by atoms with van der Waals surface area (Å²) in [5.74, 6) is 0.345. The van der Waals surface area contributed by atoms with Gasteiger partial charge in [-0.3, -0.25) is 4.68 Å². The predicted molar refractivity (Wildman–Crippen MR) is 54.8 cm³/mol. The van der Waals surface area contributed by atoms with Crippen LogP contribution in [-0.2, 0) is 13.1 Å². The van der Waals surface area contributed by atoms with Gasteiger partial charge in [-0.15, -0.1) is 24.8 Å². The third-order valence-corrected chi connectivity index (χ3v) is 1.99. The number of hydrogen-bond acceptors (Lipinski definition) is 3. The fourth-order valence-corrected chi connectivity index (χ4v) is 1.37. The Kier molecular flexibility index (Phi) is 4.53. The van der Waals surface area contributed by atoms with Crippen LogP contribution in [0.25, 0.3) is 0 Å². The molecule has 13 heavy (non-hydrogen) atoms. The first-order valence-electron chi connectivity index (χ1n) is 3.75. The molecule has 0 spiro atoms. The van der Waals surface area contributed by atoms with Crippen LogP contribution in [0.5, 0.6) is 5.75 Å². The number of nitrogens with zero attached hydrogens (tertiary/aromatic N) is 2. The molecule has 76 valence electrons. The summed E-state index contributed by atoms with van der Waals surface area (Å²) in [6.07, 6.45) is 0. The first kappa shape index (κ1) is 12.6. The number of aromatic hydroxyl groups is 1. The van der Waals surface area contributed by atoms with Crippen molar-refractivity contribution < 1.29 is 5.11 Å². The normalized spacial score (nSPS) is 13.9. The van der Waals surface area contributed by atoms with Crippen LogP contribution in [0.15, 0.2) is 0 Å². The summed E-state index contributed by atoms with van der Waals surface area (Å²) in [7, 11) is 0. The van der Waals surface area contributed by atoms with E-state index in [2.05, 4.69) is 10.4 Å². The van der Waals surface area contributed by atoms with E-state index in [9.17, 15) is 5.11 Å². The third kappa shape index (κ3) is 2.07. The predicted octanol–water partition coefficient (Wildman–Crippen LogP) is 0.844. The SMILES string of the molecule is Cc1nn2c(c1O)CNCC2.Cl.Cl. The fourth-order valence-electron chi connectivity index (χ4n) is 1.37. The summed E-state index contributed by atoms with van der Waals surface area (Å²) in [6.45, 7) is 4.34. The van der Waals surface area contributed by atoms with Crippen molar-refractivity contribution in [2.24, 2.45) is 0 Å². The zero-order valence-corrected chi connectivity index (χ0v) is 8.91. The first-order chi connectivity index (χ1) is 5.29. The lowest BCUT2D eigenvalue weighted by Gasteiger charge is -2.14. The number of fused-ring (bicyclic) bond motifs is 1. The molecule has 0 atom stereocenters. The maximum Gasteiger partial charge on any atom is 0.161 e. The molecule has 0 saturated carbocycles. The highest BCUT2D eigenvalue weighted by Gasteiger charge is 2.16. The Morgan fingerprint density at radius 2 is 2.15 bits per heavy atom. The van der Waals surface area contributed by atoms with Gasteiger partial charge >= 0.3 is 0 Å². The number of nitrogens with one attached hydrogen (secondary N) is 1. The number of halogens is 2. The molecule has 1 aromatic rings. The summed E-state index contributed by atoms with van der Waals surface area (Å²) in [5, 5.41) is 16.8. The van der Waals surface area contributed by atoms with Crippen molar-refractivity contribution in [1.82, 2.24) is 15.1 Å². The topological polar surface area (TPSA) is 50.1 Å². The molecule has 0 aromatic carbocycles. The van der Waals surface area contributed by atoms with Crippen molar-refractivity contribution in [1.29, 1.82) is 0 Å². The van der Waals surface area contributed by atoms with Gasteiger partial charge in [0, 0.05) is 13.1 Å². The fraction of sp³-hybridized carbons (Fsp3) is 0.571. The van der Waals surface area contributed by atoms with Crippen LogP contribution in [0.3, 0.4) is 0 Å². The van der Waals surface area contributed by atoms with Crippen LogP contribution < -0.4 is 5.32 Å². The molecule has 0 amide bonds. The highest BCUT2D eigenvalue weighted by molar-refractivity contribution is 5.85. The van der Waals surface area contributed by atoms with Crippen LogP contribution in [0.2, 0.25) is 0 Å². The van der Waals surface area contributed by atoms with Gasteiger partial charge in [-0.25, -0.2) is 0 Å². The van der Waals surface area contributed by atoms with Crippen LogP contribution in [0.1, 0.15) is 11.4 Å². The molecule has 0 unspecified atom stereocenters. The van der Waals surface area contributed by atoms with E-state index in [-0.39, 0.29) is 24.8 Å². The maximum atomic E-state index is 9.46. The number of aromatic nitrogens is 2. The van der Waals surface area contributed by atoms with Gasteiger partial charge in [0.1, 0.15) is 5.69 Å². The maximum absolute atomic E-state index is 9.46. The van der Waals surface area contributed by atoms with Crippen molar-refractivity contribution in [3.63, 3.8) is 0 Å². The van der Waals surface area contributed by atoms with E-state index in [0.29, 0.717) is 5.75 Å². The van der Waals surface area contributed by atoms with Crippen molar-refractivity contribution >= 4 is 24.8 Å². The standard InChI is InChI=1S/C7H11N3O.2ClH/c1-5-7(11)6-4-8-2-3-10(6)9-5;;/h8,11H,2-4H2,1H3;2*1H. The van der Waals surface area contributed by atoms with E-state index in [1.165, 1.54) is 0 Å². The molecule has 4 nitrogen and oxygen atoms in total. The Morgan fingerprint density at radius 3 is 2.77 bits per heavy atom. The second kappa shape index (κ2) is 4.69. The van der Waals surface area contributed by atoms with Gasteiger partial charge in [0.25, 0.3) is 0 Å². The van der Waals surface area contributed by atoms with Gasteiger partial charge in [-0.2, -0.15) is 5.10 Å². The van der Waals surface area contributed by atoms with Crippen LogP contribution in [0.4, 0.5) is 0 Å². The van der Waals surface area contributed by atoms with E-state index in [1.807, 2.05) is 11.6 Å². The molecule has 0 fully saturated rings. The summed E-state index contributed by atoms with van der Waals surface area (Å²) in [4.78, 5) is 0. The number of hydrogen-bond donors (Lipinski definition) is 2. The van der Waals surface area contributed by atoms with Crippen LogP contribution >= 0.6 is 24.8 Å². The van der Waals surface area contributed by atoms with Crippen molar-refractivity contribution in [2.45, 2.75) is 20.0 Å². The molecular weight excluding hydrogens is 213 g/mol.